The van der Waals surface area contributed by atoms with Crippen molar-refractivity contribution in [1.29, 1.82) is 0 Å². The average molecular weight is 435 g/mol. The minimum absolute atomic E-state index is 0. The van der Waals surface area contributed by atoms with Crippen molar-refractivity contribution in [1.82, 2.24) is 0 Å². The molecule has 0 fully saturated rings. The number of para-hydroxylation sites is 1. The number of fused-ring (bicyclic) bond motifs is 1. The summed E-state index contributed by atoms with van der Waals surface area (Å²) in [5.74, 6) is 1.68. The molecule has 1 heterocycles. The van der Waals surface area contributed by atoms with Crippen molar-refractivity contribution in [3.05, 3.63) is 60.7 Å². The zero-order valence-electron chi connectivity index (χ0n) is 16.9. The maximum absolute atomic E-state index is 13.1. The summed E-state index contributed by atoms with van der Waals surface area (Å²) in [6.07, 6.45) is 1.68. The number of hydrogen-bond donors (Lipinski definition) is 1. The minimum atomic E-state index is -0.797. The maximum atomic E-state index is 13.1. The maximum Gasteiger partial charge on any atom is 0.246 e. The van der Waals surface area contributed by atoms with Crippen LogP contribution >= 0.6 is 12.4 Å². The van der Waals surface area contributed by atoms with Gasteiger partial charge in [-0.15, -0.1) is 12.4 Å². The van der Waals surface area contributed by atoms with Crippen molar-refractivity contribution in [3.8, 4) is 17.2 Å². The Balaban J connectivity index is 0.00000320. The topological polar surface area (TPSA) is 83.3 Å². The third-order valence-electron chi connectivity index (χ3n) is 4.42. The molecule has 1 unspecified atom stereocenters. The van der Waals surface area contributed by atoms with E-state index in [-0.39, 0.29) is 31.5 Å². The normalized spacial score (nSPS) is 13.0. The van der Waals surface area contributed by atoms with Crippen molar-refractivity contribution < 1.29 is 23.7 Å². The highest BCUT2D eigenvalue weighted by Gasteiger charge is 2.25. The Kier molecular flexibility index (Phi) is 8.98. The molecule has 2 aromatic rings. The highest BCUT2D eigenvalue weighted by Crippen LogP contribution is 2.35. The van der Waals surface area contributed by atoms with E-state index in [4.69, 9.17) is 24.7 Å². The predicted octanol–water partition coefficient (Wildman–Crippen LogP) is 2.95. The Morgan fingerprint density at radius 2 is 1.97 bits per heavy atom. The molecule has 0 aliphatic carbocycles. The molecule has 1 amide bonds. The second-order valence-corrected chi connectivity index (χ2v) is 6.52. The van der Waals surface area contributed by atoms with Gasteiger partial charge in [0.25, 0.3) is 0 Å². The van der Waals surface area contributed by atoms with E-state index in [1.165, 1.54) is 7.11 Å². The van der Waals surface area contributed by atoms with Crippen LogP contribution in [0.5, 0.6) is 17.2 Å². The fourth-order valence-electron chi connectivity index (χ4n) is 3.04. The van der Waals surface area contributed by atoms with Gasteiger partial charge < -0.3 is 29.6 Å². The van der Waals surface area contributed by atoms with Crippen molar-refractivity contribution in [3.63, 3.8) is 0 Å². The molecule has 7 nitrogen and oxygen atoms in total. The first-order valence-corrected chi connectivity index (χ1v) is 9.41. The minimum Gasteiger partial charge on any atom is -0.489 e. The van der Waals surface area contributed by atoms with Crippen molar-refractivity contribution in [2.75, 3.05) is 38.4 Å². The molecular weight excluding hydrogens is 408 g/mol. The first kappa shape index (κ1) is 23.5. The summed E-state index contributed by atoms with van der Waals surface area (Å²) in [6.45, 7) is 5.42. The van der Waals surface area contributed by atoms with Gasteiger partial charge in [-0.3, -0.25) is 4.79 Å². The van der Waals surface area contributed by atoms with Crippen LogP contribution in [-0.2, 0) is 16.1 Å². The van der Waals surface area contributed by atoms with Gasteiger partial charge in [0.05, 0.1) is 13.2 Å². The summed E-state index contributed by atoms with van der Waals surface area (Å²) >= 11 is 0. The first-order chi connectivity index (χ1) is 14.1. The van der Waals surface area contributed by atoms with Gasteiger partial charge in [0.1, 0.15) is 31.6 Å². The Morgan fingerprint density at radius 3 is 2.70 bits per heavy atom. The molecule has 1 aliphatic rings. The lowest BCUT2D eigenvalue weighted by molar-refractivity contribution is -0.121. The van der Waals surface area contributed by atoms with Crippen molar-refractivity contribution in [2.45, 2.75) is 12.6 Å². The molecule has 162 valence electrons. The monoisotopic (exact) mass is 434 g/mol. The largest absolute Gasteiger partial charge is 0.489 e. The number of anilines is 1. The van der Waals surface area contributed by atoms with E-state index in [1.807, 2.05) is 30.3 Å². The number of nitrogens with two attached hydrogens (primary N) is 1. The van der Waals surface area contributed by atoms with E-state index < -0.39 is 6.04 Å². The molecule has 0 radical (unpaired) electrons. The number of carbonyl (C=O) groups excluding carboxylic acids is 1. The van der Waals surface area contributed by atoms with E-state index in [0.717, 1.165) is 5.56 Å². The Labute approximate surface area is 182 Å². The Morgan fingerprint density at radius 1 is 1.23 bits per heavy atom. The SMILES string of the molecule is C=CCOc1ccccc1CN(C(=O)C(N)COC)c1ccc2c(c1)OCCO2.Cl. The highest BCUT2D eigenvalue weighted by atomic mass is 35.5. The quantitative estimate of drug-likeness (QED) is 0.611. The number of methoxy groups -OCH3 is 1. The molecular formula is C22H27ClN2O5. The summed E-state index contributed by atoms with van der Waals surface area (Å²) in [6, 6.07) is 12.2. The van der Waals surface area contributed by atoms with Gasteiger partial charge in [0.2, 0.25) is 5.91 Å². The highest BCUT2D eigenvalue weighted by molar-refractivity contribution is 5.97. The number of halogens is 1. The smallest absolute Gasteiger partial charge is 0.246 e. The van der Waals surface area contributed by atoms with Gasteiger partial charge >= 0.3 is 0 Å². The summed E-state index contributed by atoms with van der Waals surface area (Å²) in [7, 11) is 1.51. The van der Waals surface area contributed by atoms with Gasteiger partial charge in [-0.2, -0.15) is 0 Å². The number of amides is 1. The third kappa shape index (κ3) is 5.66. The molecule has 30 heavy (non-hydrogen) atoms. The molecule has 2 N–H and O–H groups in total. The lowest BCUT2D eigenvalue weighted by Gasteiger charge is -2.28. The number of ether oxygens (including phenoxy) is 4. The van der Waals surface area contributed by atoms with Crippen LogP contribution in [0.15, 0.2) is 55.1 Å². The summed E-state index contributed by atoms with van der Waals surface area (Å²) in [5.41, 5.74) is 7.57. The lowest BCUT2D eigenvalue weighted by atomic mass is 10.1. The summed E-state index contributed by atoms with van der Waals surface area (Å²) in [4.78, 5) is 14.7. The van der Waals surface area contributed by atoms with E-state index >= 15 is 0 Å². The second kappa shape index (κ2) is 11.4. The predicted molar refractivity (Wildman–Crippen MR) is 118 cm³/mol. The molecule has 0 saturated carbocycles. The average Bonchev–Trinajstić information content (AvgIpc) is 2.76. The zero-order chi connectivity index (χ0) is 20.6. The number of benzene rings is 2. The van der Waals surface area contributed by atoms with Crippen LogP contribution in [0.3, 0.4) is 0 Å². The molecule has 0 bridgehead atoms. The van der Waals surface area contributed by atoms with E-state index in [2.05, 4.69) is 6.58 Å². The van der Waals surface area contributed by atoms with Crippen molar-refractivity contribution in [2.24, 2.45) is 5.73 Å². The fraction of sp³-hybridized carbons (Fsp3) is 0.318. The van der Waals surface area contributed by atoms with Gasteiger partial charge in [0, 0.05) is 24.4 Å². The van der Waals surface area contributed by atoms with Crippen LogP contribution in [-0.4, -0.2) is 45.5 Å². The number of rotatable bonds is 9. The summed E-state index contributed by atoms with van der Waals surface area (Å²) < 4.78 is 22.1. The van der Waals surface area contributed by atoms with Crippen molar-refractivity contribution >= 4 is 24.0 Å². The summed E-state index contributed by atoms with van der Waals surface area (Å²) in [5, 5.41) is 0. The molecule has 1 atom stereocenters. The van der Waals surface area contributed by atoms with Crippen LogP contribution < -0.4 is 24.8 Å². The molecule has 0 spiro atoms. The molecule has 2 aromatic carbocycles. The van der Waals surface area contributed by atoms with E-state index in [1.54, 1.807) is 23.1 Å². The van der Waals surface area contributed by atoms with Gasteiger partial charge in [-0.1, -0.05) is 30.9 Å². The van der Waals surface area contributed by atoms with Gasteiger partial charge in [-0.25, -0.2) is 0 Å². The van der Waals surface area contributed by atoms with Crippen LogP contribution in [0.1, 0.15) is 5.56 Å². The number of nitrogens with zero attached hydrogens (tertiary/aromatic N) is 1. The standard InChI is InChI=1S/C22H26N2O5.ClH/c1-3-10-27-19-7-5-4-6-16(19)14-24(22(25)18(23)15-26-2)17-8-9-20-21(13-17)29-12-11-28-20;/h3-9,13,18H,1,10-12,14-15,23H2,2H3;1H. The second-order valence-electron chi connectivity index (χ2n) is 6.52. The molecule has 8 heteroatoms. The van der Waals surface area contributed by atoms with Crippen LogP contribution in [0.25, 0.3) is 0 Å². The third-order valence-corrected chi connectivity index (χ3v) is 4.42. The van der Waals surface area contributed by atoms with Crippen LogP contribution in [0.2, 0.25) is 0 Å². The Bertz CT molecular complexity index is 861. The van der Waals surface area contributed by atoms with Crippen LogP contribution in [0, 0.1) is 0 Å². The Hall–Kier alpha value is -2.74. The van der Waals surface area contributed by atoms with Crippen LogP contribution in [0.4, 0.5) is 5.69 Å². The lowest BCUT2D eigenvalue weighted by Crippen LogP contribution is -2.46. The van der Waals surface area contributed by atoms with E-state index in [9.17, 15) is 4.79 Å². The number of hydrogen-bond acceptors (Lipinski definition) is 6. The number of carbonyl (C=O) groups is 1. The zero-order valence-corrected chi connectivity index (χ0v) is 17.7. The molecule has 3 rings (SSSR count). The van der Waals surface area contributed by atoms with Gasteiger partial charge in [-0.05, 0) is 18.2 Å². The van der Waals surface area contributed by atoms with Gasteiger partial charge in [0.15, 0.2) is 11.5 Å². The van der Waals surface area contributed by atoms with E-state index in [0.29, 0.717) is 42.8 Å². The molecule has 0 aromatic heterocycles. The first-order valence-electron chi connectivity index (χ1n) is 9.41. The molecule has 1 aliphatic heterocycles. The fourth-order valence-corrected chi connectivity index (χ4v) is 3.04. The molecule has 0 saturated heterocycles.